The molecule has 96 valence electrons. The fraction of sp³-hybridized carbons (Fsp3) is 0.333. The van der Waals surface area contributed by atoms with Crippen LogP contribution >= 0.6 is 11.6 Å². The Labute approximate surface area is 111 Å². The normalized spacial score (nSPS) is 12.9. The molecule has 0 fully saturated rings. The van der Waals surface area contributed by atoms with Crippen molar-refractivity contribution in [3.8, 4) is 11.5 Å². The Balaban J connectivity index is 2.23. The molecule has 0 saturated heterocycles. The lowest BCUT2D eigenvalue weighted by Gasteiger charge is -2.12. The molecule has 0 spiro atoms. The van der Waals surface area contributed by atoms with Gasteiger partial charge in [-0.1, -0.05) is 28.9 Å². The molecule has 6 heteroatoms. The van der Waals surface area contributed by atoms with Crippen LogP contribution < -0.4 is 5.73 Å². The first kappa shape index (κ1) is 13.0. The summed E-state index contributed by atoms with van der Waals surface area (Å²) in [5.74, 6) is 0.878. The molecule has 0 saturated carbocycles. The first-order valence-electron chi connectivity index (χ1n) is 5.56. The van der Waals surface area contributed by atoms with Crippen molar-refractivity contribution in [2.45, 2.75) is 6.04 Å². The van der Waals surface area contributed by atoms with E-state index in [4.69, 9.17) is 21.9 Å². The highest BCUT2D eigenvalue weighted by Crippen LogP contribution is 2.26. The summed E-state index contributed by atoms with van der Waals surface area (Å²) >= 11 is 6.06. The Morgan fingerprint density at radius 2 is 2.11 bits per heavy atom. The highest BCUT2D eigenvalue weighted by atomic mass is 35.5. The van der Waals surface area contributed by atoms with Crippen molar-refractivity contribution in [2.24, 2.45) is 5.73 Å². The minimum atomic E-state index is -0.278. The maximum absolute atomic E-state index is 6.06. The van der Waals surface area contributed by atoms with Gasteiger partial charge in [0.05, 0.1) is 16.6 Å². The maximum Gasteiger partial charge on any atom is 0.259 e. The van der Waals surface area contributed by atoms with E-state index < -0.39 is 0 Å². The van der Waals surface area contributed by atoms with E-state index in [-0.39, 0.29) is 6.04 Å². The molecule has 1 heterocycles. The third-order valence-electron chi connectivity index (χ3n) is 2.44. The van der Waals surface area contributed by atoms with E-state index >= 15 is 0 Å². The molecular weight excluding hydrogens is 252 g/mol. The van der Waals surface area contributed by atoms with Crippen LogP contribution in [0.25, 0.3) is 11.5 Å². The summed E-state index contributed by atoms with van der Waals surface area (Å²) in [4.78, 5) is 6.25. The number of hydrogen-bond acceptors (Lipinski definition) is 5. The molecule has 0 aliphatic carbocycles. The van der Waals surface area contributed by atoms with Crippen LogP contribution in [-0.4, -0.2) is 35.7 Å². The molecular formula is C12H15ClN4O. The van der Waals surface area contributed by atoms with E-state index in [1.54, 1.807) is 6.07 Å². The number of aromatic nitrogens is 2. The molecule has 5 nitrogen and oxygen atoms in total. The second-order valence-corrected chi connectivity index (χ2v) is 4.71. The summed E-state index contributed by atoms with van der Waals surface area (Å²) in [6.07, 6.45) is 0. The van der Waals surface area contributed by atoms with Crippen molar-refractivity contribution >= 4 is 11.6 Å². The lowest BCUT2D eigenvalue weighted by Crippen LogP contribution is -2.26. The van der Waals surface area contributed by atoms with Gasteiger partial charge in [-0.25, -0.2) is 0 Å². The monoisotopic (exact) mass is 266 g/mol. The topological polar surface area (TPSA) is 68.2 Å². The van der Waals surface area contributed by atoms with Crippen molar-refractivity contribution < 1.29 is 4.52 Å². The van der Waals surface area contributed by atoms with Gasteiger partial charge in [-0.05, 0) is 26.2 Å². The molecule has 2 aromatic rings. The van der Waals surface area contributed by atoms with Gasteiger partial charge in [-0.2, -0.15) is 4.98 Å². The van der Waals surface area contributed by atoms with E-state index in [1.165, 1.54) is 0 Å². The average Bonchev–Trinajstić information content (AvgIpc) is 2.78. The first-order chi connectivity index (χ1) is 8.58. The second-order valence-electron chi connectivity index (χ2n) is 4.31. The highest BCUT2D eigenvalue weighted by Gasteiger charge is 2.17. The van der Waals surface area contributed by atoms with E-state index in [9.17, 15) is 0 Å². The Hall–Kier alpha value is -1.43. The highest BCUT2D eigenvalue weighted by molar-refractivity contribution is 6.33. The van der Waals surface area contributed by atoms with Gasteiger partial charge in [0.25, 0.3) is 5.89 Å². The van der Waals surface area contributed by atoms with Crippen LogP contribution in [0.3, 0.4) is 0 Å². The fourth-order valence-corrected chi connectivity index (χ4v) is 1.82. The molecule has 0 radical (unpaired) electrons. The zero-order valence-corrected chi connectivity index (χ0v) is 11.1. The second kappa shape index (κ2) is 5.48. The Bertz CT molecular complexity index is 526. The van der Waals surface area contributed by atoms with Crippen LogP contribution in [0.15, 0.2) is 28.8 Å². The molecule has 2 rings (SSSR count). The zero-order chi connectivity index (χ0) is 13.1. The molecule has 1 atom stereocenters. The third kappa shape index (κ3) is 2.87. The Kier molecular flexibility index (Phi) is 3.96. The van der Waals surface area contributed by atoms with Crippen LogP contribution in [0.1, 0.15) is 11.9 Å². The molecule has 1 unspecified atom stereocenters. The summed E-state index contributed by atoms with van der Waals surface area (Å²) < 4.78 is 5.19. The van der Waals surface area contributed by atoms with Gasteiger partial charge < -0.3 is 15.2 Å². The first-order valence-corrected chi connectivity index (χ1v) is 5.94. The van der Waals surface area contributed by atoms with E-state index in [1.807, 2.05) is 37.2 Å². The summed E-state index contributed by atoms with van der Waals surface area (Å²) in [5, 5.41) is 4.47. The van der Waals surface area contributed by atoms with Crippen LogP contribution in [0.4, 0.5) is 0 Å². The average molecular weight is 267 g/mol. The quantitative estimate of drug-likeness (QED) is 0.916. The van der Waals surface area contributed by atoms with Gasteiger partial charge in [0, 0.05) is 6.54 Å². The number of rotatable bonds is 4. The van der Waals surface area contributed by atoms with Crippen molar-refractivity contribution in [1.29, 1.82) is 0 Å². The summed E-state index contributed by atoms with van der Waals surface area (Å²) in [6.45, 7) is 0.654. The molecule has 1 aromatic carbocycles. The number of benzene rings is 1. The van der Waals surface area contributed by atoms with Gasteiger partial charge >= 0.3 is 0 Å². The largest absolute Gasteiger partial charge is 0.334 e. The minimum absolute atomic E-state index is 0.278. The number of hydrogen-bond donors (Lipinski definition) is 1. The van der Waals surface area contributed by atoms with Gasteiger partial charge in [-0.3, -0.25) is 0 Å². The third-order valence-corrected chi connectivity index (χ3v) is 2.77. The van der Waals surface area contributed by atoms with E-state index in [0.29, 0.717) is 23.3 Å². The van der Waals surface area contributed by atoms with Crippen molar-refractivity contribution in [3.05, 3.63) is 35.1 Å². The lowest BCUT2D eigenvalue weighted by molar-refractivity contribution is 0.357. The summed E-state index contributed by atoms with van der Waals surface area (Å²) in [5.41, 5.74) is 6.68. The zero-order valence-electron chi connectivity index (χ0n) is 10.3. The smallest absolute Gasteiger partial charge is 0.259 e. The van der Waals surface area contributed by atoms with Gasteiger partial charge in [0.15, 0.2) is 5.82 Å². The number of nitrogens with two attached hydrogens (primary N) is 1. The molecule has 0 bridgehead atoms. The number of nitrogens with zero attached hydrogens (tertiary/aromatic N) is 3. The SMILES string of the molecule is CN(C)CC(N)c1noc(-c2ccccc2Cl)n1. The fourth-order valence-electron chi connectivity index (χ4n) is 1.60. The van der Waals surface area contributed by atoms with Gasteiger partial charge in [0.2, 0.25) is 0 Å². The predicted octanol–water partition coefficient (Wildman–Crippen LogP) is 1.95. The number of likely N-dealkylation sites (N-methyl/N-ethyl adjacent to an activating group) is 1. The Morgan fingerprint density at radius 3 is 2.78 bits per heavy atom. The van der Waals surface area contributed by atoms with Crippen LogP contribution in [0, 0.1) is 0 Å². The van der Waals surface area contributed by atoms with Gasteiger partial charge in [-0.15, -0.1) is 0 Å². The molecule has 18 heavy (non-hydrogen) atoms. The van der Waals surface area contributed by atoms with Crippen LogP contribution in [0.2, 0.25) is 5.02 Å². The van der Waals surface area contributed by atoms with Crippen molar-refractivity contribution in [1.82, 2.24) is 15.0 Å². The lowest BCUT2D eigenvalue weighted by atomic mass is 10.2. The molecule has 0 aliphatic heterocycles. The molecule has 2 N–H and O–H groups in total. The van der Waals surface area contributed by atoms with E-state index in [0.717, 1.165) is 5.56 Å². The summed E-state index contributed by atoms with van der Waals surface area (Å²) in [6, 6.07) is 7.04. The van der Waals surface area contributed by atoms with Crippen molar-refractivity contribution in [3.63, 3.8) is 0 Å². The minimum Gasteiger partial charge on any atom is -0.334 e. The molecule has 0 amide bonds. The van der Waals surface area contributed by atoms with Crippen molar-refractivity contribution in [2.75, 3.05) is 20.6 Å². The molecule has 1 aromatic heterocycles. The Morgan fingerprint density at radius 1 is 1.39 bits per heavy atom. The maximum atomic E-state index is 6.06. The standard InChI is InChI=1S/C12H15ClN4O/c1-17(2)7-10(14)11-15-12(18-16-11)8-5-3-4-6-9(8)13/h3-6,10H,7,14H2,1-2H3. The van der Waals surface area contributed by atoms with Crippen LogP contribution in [-0.2, 0) is 0 Å². The van der Waals surface area contributed by atoms with E-state index in [2.05, 4.69) is 10.1 Å². The van der Waals surface area contributed by atoms with Gasteiger partial charge in [0.1, 0.15) is 0 Å². The van der Waals surface area contributed by atoms with Crippen LogP contribution in [0.5, 0.6) is 0 Å². The number of halogens is 1. The summed E-state index contributed by atoms with van der Waals surface area (Å²) in [7, 11) is 3.88. The molecule has 0 aliphatic rings. The predicted molar refractivity (Wildman–Crippen MR) is 70.2 cm³/mol.